The van der Waals surface area contributed by atoms with E-state index in [0.29, 0.717) is 18.7 Å². The predicted octanol–water partition coefficient (Wildman–Crippen LogP) is 5.09. The van der Waals surface area contributed by atoms with Crippen LogP contribution in [0.1, 0.15) is 35.4 Å². The Kier molecular flexibility index (Phi) is 8.15. The summed E-state index contributed by atoms with van der Waals surface area (Å²) in [5.74, 6) is 0.900. The number of piperidine rings is 1. The lowest BCUT2D eigenvalue weighted by Gasteiger charge is -2.39. The quantitative estimate of drug-likeness (QED) is 0.319. The van der Waals surface area contributed by atoms with Crippen LogP contribution in [0, 0.1) is 11.3 Å². The van der Waals surface area contributed by atoms with Gasteiger partial charge in [-0.05, 0) is 54.7 Å². The minimum absolute atomic E-state index is 0.131. The summed E-state index contributed by atoms with van der Waals surface area (Å²) in [4.78, 5) is 22.9. The van der Waals surface area contributed by atoms with E-state index >= 15 is 0 Å². The van der Waals surface area contributed by atoms with Gasteiger partial charge in [0, 0.05) is 50.3 Å². The molecule has 192 valence electrons. The lowest BCUT2D eigenvalue weighted by molar-refractivity contribution is -0.133. The van der Waals surface area contributed by atoms with E-state index in [9.17, 15) is 4.79 Å². The van der Waals surface area contributed by atoms with Crippen LogP contribution in [0.4, 0.5) is 5.69 Å². The maximum Gasteiger partial charge on any atom is 0.230 e. The first-order chi connectivity index (χ1) is 18.7. The highest BCUT2D eigenvalue weighted by Crippen LogP contribution is 2.23. The highest BCUT2D eigenvalue weighted by atomic mass is 16.2. The summed E-state index contributed by atoms with van der Waals surface area (Å²) in [5.41, 5.74) is 4.21. The molecule has 0 atom stereocenters. The number of amides is 1. The zero-order valence-electron chi connectivity index (χ0n) is 21.6. The molecule has 0 unspecified atom stereocenters. The first-order valence-corrected chi connectivity index (χ1v) is 13.3. The molecule has 2 heterocycles. The number of imidazole rings is 1. The molecule has 0 N–H and O–H groups in total. The molecule has 38 heavy (non-hydrogen) atoms. The maximum atomic E-state index is 13.8. The van der Waals surface area contributed by atoms with Crippen LogP contribution >= 0.6 is 0 Å². The van der Waals surface area contributed by atoms with Crippen molar-refractivity contribution in [3.05, 3.63) is 120 Å². The summed E-state index contributed by atoms with van der Waals surface area (Å²) in [6, 6.07) is 30.9. The zero-order chi connectivity index (χ0) is 26.2. The SMILES string of the molecule is N#Cc1ccc(Cn2ccnc2CC(=O)N(CCc2ccccc2)C2CCN(c3ccccc3)CC2)cc1. The van der Waals surface area contributed by atoms with Crippen molar-refractivity contribution in [2.24, 2.45) is 0 Å². The molecule has 1 aliphatic heterocycles. The Labute approximate surface area is 224 Å². The van der Waals surface area contributed by atoms with Crippen molar-refractivity contribution >= 4 is 11.6 Å². The monoisotopic (exact) mass is 503 g/mol. The number of hydrogen-bond donors (Lipinski definition) is 0. The lowest BCUT2D eigenvalue weighted by Crippen LogP contribution is -2.48. The molecular formula is C32H33N5O. The van der Waals surface area contributed by atoms with Crippen LogP contribution < -0.4 is 4.90 Å². The van der Waals surface area contributed by atoms with Gasteiger partial charge in [0.05, 0.1) is 18.1 Å². The number of carbonyl (C=O) groups excluding carboxylic acids is 1. The van der Waals surface area contributed by atoms with E-state index in [4.69, 9.17) is 5.26 Å². The summed E-state index contributed by atoms with van der Waals surface area (Å²) < 4.78 is 2.03. The Morgan fingerprint density at radius 2 is 1.61 bits per heavy atom. The van der Waals surface area contributed by atoms with Crippen LogP contribution in [-0.4, -0.2) is 46.0 Å². The Morgan fingerprint density at radius 1 is 0.921 bits per heavy atom. The Hall–Kier alpha value is -4.37. The average Bonchev–Trinajstić information content (AvgIpc) is 3.41. The number of carbonyl (C=O) groups is 1. The Bertz CT molecular complexity index is 1350. The summed E-state index contributed by atoms with van der Waals surface area (Å²) in [6.45, 7) is 3.21. The molecule has 1 saturated heterocycles. The number of anilines is 1. The molecule has 1 aliphatic rings. The van der Waals surface area contributed by atoms with Gasteiger partial charge in [-0.25, -0.2) is 4.98 Å². The van der Waals surface area contributed by atoms with Gasteiger partial charge in [0.2, 0.25) is 5.91 Å². The maximum absolute atomic E-state index is 13.8. The van der Waals surface area contributed by atoms with E-state index in [0.717, 1.165) is 43.7 Å². The molecule has 0 bridgehead atoms. The normalized spacial score (nSPS) is 13.7. The van der Waals surface area contributed by atoms with Gasteiger partial charge in [-0.1, -0.05) is 60.7 Å². The summed E-state index contributed by atoms with van der Waals surface area (Å²) >= 11 is 0. The van der Waals surface area contributed by atoms with Crippen LogP contribution in [0.3, 0.4) is 0 Å². The number of hydrogen-bond acceptors (Lipinski definition) is 4. The van der Waals surface area contributed by atoms with E-state index in [1.807, 2.05) is 47.2 Å². The molecule has 0 radical (unpaired) electrons. The number of benzene rings is 3. The average molecular weight is 504 g/mol. The van der Waals surface area contributed by atoms with Crippen molar-refractivity contribution in [3.63, 3.8) is 0 Å². The van der Waals surface area contributed by atoms with E-state index < -0.39 is 0 Å². The summed E-state index contributed by atoms with van der Waals surface area (Å²) in [6.07, 6.45) is 6.71. The van der Waals surface area contributed by atoms with Gasteiger partial charge in [0.25, 0.3) is 0 Å². The van der Waals surface area contributed by atoms with Crippen LogP contribution in [-0.2, 0) is 24.2 Å². The van der Waals surface area contributed by atoms with Gasteiger partial charge in [0.1, 0.15) is 5.82 Å². The fourth-order valence-corrected chi connectivity index (χ4v) is 5.25. The second-order valence-electron chi connectivity index (χ2n) is 9.83. The molecule has 1 amide bonds. The van der Waals surface area contributed by atoms with Gasteiger partial charge in [-0.2, -0.15) is 5.26 Å². The minimum atomic E-state index is 0.131. The molecule has 1 aromatic heterocycles. The third kappa shape index (κ3) is 6.30. The van der Waals surface area contributed by atoms with Gasteiger partial charge in [-0.3, -0.25) is 4.79 Å². The zero-order valence-corrected chi connectivity index (χ0v) is 21.6. The molecule has 1 fully saturated rings. The van der Waals surface area contributed by atoms with Crippen molar-refractivity contribution in [2.75, 3.05) is 24.5 Å². The summed E-state index contributed by atoms with van der Waals surface area (Å²) in [7, 11) is 0. The standard InChI is InChI=1S/C32H33N5O/c33-24-27-11-13-28(14-12-27)25-36-22-18-34-31(36)23-32(38)37(21-15-26-7-3-1-4-8-26)30-16-19-35(20-17-30)29-9-5-2-6-10-29/h1-14,18,22,30H,15-17,19-21,23,25H2. The van der Waals surface area contributed by atoms with Crippen LogP contribution in [0.5, 0.6) is 0 Å². The van der Waals surface area contributed by atoms with E-state index in [1.165, 1.54) is 11.3 Å². The first-order valence-electron chi connectivity index (χ1n) is 13.3. The fraction of sp³-hybridized carbons (Fsp3) is 0.281. The number of rotatable bonds is 9. The smallest absolute Gasteiger partial charge is 0.230 e. The van der Waals surface area contributed by atoms with E-state index in [2.05, 4.69) is 69.4 Å². The third-order valence-electron chi connectivity index (χ3n) is 7.38. The van der Waals surface area contributed by atoms with Gasteiger partial charge >= 0.3 is 0 Å². The Balaban J connectivity index is 1.28. The van der Waals surface area contributed by atoms with Crippen LogP contribution in [0.25, 0.3) is 0 Å². The molecule has 0 spiro atoms. The highest BCUT2D eigenvalue weighted by molar-refractivity contribution is 5.78. The molecule has 6 heteroatoms. The minimum Gasteiger partial charge on any atom is -0.371 e. The van der Waals surface area contributed by atoms with Gasteiger partial charge in [0.15, 0.2) is 0 Å². The van der Waals surface area contributed by atoms with Gasteiger partial charge in [-0.15, -0.1) is 0 Å². The van der Waals surface area contributed by atoms with Crippen molar-refractivity contribution in [2.45, 2.75) is 38.3 Å². The fourth-order valence-electron chi connectivity index (χ4n) is 5.25. The number of nitriles is 1. The van der Waals surface area contributed by atoms with E-state index in [1.54, 1.807) is 6.20 Å². The molecule has 4 aromatic rings. The van der Waals surface area contributed by atoms with E-state index in [-0.39, 0.29) is 18.4 Å². The Morgan fingerprint density at radius 3 is 2.29 bits per heavy atom. The summed E-state index contributed by atoms with van der Waals surface area (Å²) in [5, 5.41) is 9.07. The molecule has 0 aliphatic carbocycles. The van der Waals surface area contributed by atoms with Gasteiger partial charge < -0.3 is 14.4 Å². The molecular weight excluding hydrogens is 470 g/mol. The van der Waals surface area contributed by atoms with Crippen molar-refractivity contribution in [1.82, 2.24) is 14.5 Å². The molecule has 0 saturated carbocycles. The highest BCUT2D eigenvalue weighted by Gasteiger charge is 2.28. The lowest BCUT2D eigenvalue weighted by atomic mass is 10.0. The number of para-hydroxylation sites is 1. The topological polar surface area (TPSA) is 65.2 Å². The van der Waals surface area contributed by atoms with Crippen molar-refractivity contribution in [3.8, 4) is 6.07 Å². The second kappa shape index (κ2) is 12.2. The third-order valence-corrected chi connectivity index (χ3v) is 7.38. The first kappa shape index (κ1) is 25.3. The van der Waals surface area contributed by atoms with Crippen molar-refractivity contribution < 1.29 is 4.79 Å². The second-order valence-corrected chi connectivity index (χ2v) is 9.83. The molecule has 5 rings (SSSR count). The number of nitrogens with zero attached hydrogens (tertiary/aromatic N) is 5. The van der Waals surface area contributed by atoms with Crippen molar-refractivity contribution in [1.29, 1.82) is 5.26 Å². The largest absolute Gasteiger partial charge is 0.371 e. The molecule has 3 aromatic carbocycles. The van der Waals surface area contributed by atoms with Crippen LogP contribution in [0.2, 0.25) is 0 Å². The molecule has 6 nitrogen and oxygen atoms in total. The number of aromatic nitrogens is 2. The van der Waals surface area contributed by atoms with Crippen LogP contribution in [0.15, 0.2) is 97.3 Å². The predicted molar refractivity (Wildman–Crippen MR) is 150 cm³/mol.